The summed E-state index contributed by atoms with van der Waals surface area (Å²) in [5.74, 6) is 0.517. The molecule has 3 aromatic carbocycles. The second-order valence-corrected chi connectivity index (χ2v) is 7.58. The number of nitrogens with one attached hydrogen (secondary N) is 1. The largest absolute Gasteiger partial charge is 0.481 e. The minimum Gasteiger partial charge on any atom is -0.481 e. The standard InChI is InChI=1S/C25H27NO2/c1-18-10-8-9-13-23(18)26-24(27)19(2)28-22-16-14-21(15-17-22)25(3,4)20-11-6-5-7-12-20/h5-17,19H,1-4H3,(H,26,27). The van der Waals surface area contributed by atoms with Crippen LogP contribution in [0.4, 0.5) is 5.69 Å². The van der Waals surface area contributed by atoms with Crippen LogP contribution in [0.25, 0.3) is 0 Å². The Labute approximate surface area is 167 Å². The van der Waals surface area contributed by atoms with Gasteiger partial charge in [0.1, 0.15) is 5.75 Å². The van der Waals surface area contributed by atoms with Crippen LogP contribution >= 0.6 is 0 Å². The van der Waals surface area contributed by atoms with Gasteiger partial charge in [-0.3, -0.25) is 4.79 Å². The zero-order valence-corrected chi connectivity index (χ0v) is 16.9. The molecule has 3 heteroatoms. The van der Waals surface area contributed by atoms with E-state index >= 15 is 0 Å². The van der Waals surface area contributed by atoms with Crippen LogP contribution in [0.2, 0.25) is 0 Å². The summed E-state index contributed by atoms with van der Waals surface area (Å²) in [4.78, 5) is 12.4. The molecule has 1 atom stereocenters. The van der Waals surface area contributed by atoms with Crippen molar-refractivity contribution in [1.82, 2.24) is 0 Å². The van der Waals surface area contributed by atoms with Gasteiger partial charge in [-0.15, -0.1) is 0 Å². The second kappa shape index (κ2) is 8.30. The Morgan fingerprint density at radius 2 is 1.43 bits per heavy atom. The van der Waals surface area contributed by atoms with Gasteiger partial charge in [0.15, 0.2) is 6.10 Å². The van der Waals surface area contributed by atoms with Crippen molar-refractivity contribution in [3.05, 3.63) is 95.6 Å². The molecule has 144 valence electrons. The molecule has 0 aliphatic heterocycles. The van der Waals surface area contributed by atoms with Crippen molar-refractivity contribution >= 4 is 11.6 Å². The number of carbonyl (C=O) groups excluding carboxylic acids is 1. The van der Waals surface area contributed by atoms with Gasteiger partial charge in [0.25, 0.3) is 5.91 Å². The van der Waals surface area contributed by atoms with Crippen LogP contribution in [0, 0.1) is 6.92 Å². The normalized spacial score (nSPS) is 12.3. The summed E-state index contributed by atoms with van der Waals surface area (Å²) in [6.07, 6.45) is -0.590. The second-order valence-electron chi connectivity index (χ2n) is 7.58. The van der Waals surface area contributed by atoms with E-state index in [0.717, 1.165) is 11.3 Å². The minimum absolute atomic E-state index is 0.104. The molecule has 1 unspecified atom stereocenters. The summed E-state index contributed by atoms with van der Waals surface area (Å²) in [6, 6.07) is 26.1. The highest BCUT2D eigenvalue weighted by molar-refractivity contribution is 5.94. The van der Waals surface area contributed by atoms with Gasteiger partial charge in [0.2, 0.25) is 0 Å². The summed E-state index contributed by atoms with van der Waals surface area (Å²) < 4.78 is 5.85. The first-order valence-corrected chi connectivity index (χ1v) is 9.57. The number of aryl methyl sites for hydroxylation is 1. The van der Waals surface area contributed by atoms with E-state index < -0.39 is 6.10 Å². The van der Waals surface area contributed by atoms with Crippen molar-refractivity contribution in [3.63, 3.8) is 0 Å². The van der Waals surface area contributed by atoms with Crippen molar-refractivity contribution < 1.29 is 9.53 Å². The topological polar surface area (TPSA) is 38.3 Å². The highest BCUT2D eigenvalue weighted by Gasteiger charge is 2.23. The van der Waals surface area contributed by atoms with Gasteiger partial charge >= 0.3 is 0 Å². The molecule has 0 aromatic heterocycles. The van der Waals surface area contributed by atoms with Crippen molar-refractivity contribution in [2.45, 2.75) is 39.2 Å². The first-order chi connectivity index (χ1) is 13.4. The van der Waals surface area contributed by atoms with Crippen molar-refractivity contribution in [1.29, 1.82) is 0 Å². The molecule has 0 heterocycles. The number of hydrogen-bond acceptors (Lipinski definition) is 2. The van der Waals surface area contributed by atoms with E-state index in [0.29, 0.717) is 5.75 Å². The molecule has 28 heavy (non-hydrogen) atoms. The van der Waals surface area contributed by atoms with Gasteiger partial charge < -0.3 is 10.1 Å². The van der Waals surface area contributed by atoms with Gasteiger partial charge in [0.05, 0.1) is 0 Å². The van der Waals surface area contributed by atoms with Crippen LogP contribution in [-0.4, -0.2) is 12.0 Å². The number of para-hydroxylation sites is 1. The summed E-state index contributed by atoms with van der Waals surface area (Å²) in [5, 5.41) is 2.92. The molecule has 0 radical (unpaired) electrons. The van der Waals surface area contributed by atoms with E-state index in [1.54, 1.807) is 6.92 Å². The smallest absolute Gasteiger partial charge is 0.265 e. The van der Waals surface area contributed by atoms with E-state index in [-0.39, 0.29) is 11.3 Å². The molecule has 0 bridgehead atoms. The molecule has 3 rings (SSSR count). The van der Waals surface area contributed by atoms with E-state index in [1.165, 1.54) is 11.1 Å². The molecule has 1 amide bonds. The highest BCUT2D eigenvalue weighted by Crippen LogP contribution is 2.32. The molecule has 1 N–H and O–H groups in total. The zero-order chi connectivity index (χ0) is 20.1. The Morgan fingerprint density at radius 1 is 0.857 bits per heavy atom. The quantitative estimate of drug-likeness (QED) is 0.599. The molecule has 0 saturated heterocycles. The predicted molar refractivity (Wildman–Crippen MR) is 115 cm³/mol. The Bertz CT molecular complexity index is 930. The van der Waals surface area contributed by atoms with E-state index in [2.05, 4.69) is 55.6 Å². The number of rotatable bonds is 6. The van der Waals surface area contributed by atoms with Crippen molar-refractivity contribution in [2.75, 3.05) is 5.32 Å². The number of benzene rings is 3. The Balaban J connectivity index is 1.67. The third kappa shape index (κ3) is 4.42. The van der Waals surface area contributed by atoms with Crippen LogP contribution in [0.3, 0.4) is 0 Å². The van der Waals surface area contributed by atoms with Gasteiger partial charge in [-0.25, -0.2) is 0 Å². The van der Waals surface area contributed by atoms with E-state index in [4.69, 9.17) is 4.74 Å². The molecule has 0 spiro atoms. The Kier molecular flexibility index (Phi) is 5.84. The minimum atomic E-state index is -0.590. The molecule has 0 aliphatic carbocycles. The third-order valence-electron chi connectivity index (χ3n) is 5.16. The van der Waals surface area contributed by atoms with Gasteiger partial charge in [0, 0.05) is 11.1 Å². The van der Waals surface area contributed by atoms with Crippen LogP contribution in [-0.2, 0) is 10.2 Å². The highest BCUT2D eigenvalue weighted by atomic mass is 16.5. The summed E-state index contributed by atoms with van der Waals surface area (Å²) in [7, 11) is 0. The number of carbonyl (C=O) groups is 1. The van der Waals surface area contributed by atoms with Crippen LogP contribution in [0.15, 0.2) is 78.9 Å². The first-order valence-electron chi connectivity index (χ1n) is 9.57. The SMILES string of the molecule is Cc1ccccc1NC(=O)C(C)Oc1ccc(C(C)(C)c2ccccc2)cc1. The van der Waals surface area contributed by atoms with Gasteiger partial charge in [-0.05, 0) is 48.7 Å². The number of amides is 1. The molecular formula is C25H27NO2. The fourth-order valence-electron chi connectivity index (χ4n) is 3.18. The van der Waals surface area contributed by atoms with Gasteiger partial charge in [-0.1, -0.05) is 74.5 Å². The lowest BCUT2D eigenvalue weighted by Crippen LogP contribution is -2.30. The maximum absolute atomic E-state index is 12.4. The molecule has 0 fully saturated rings. The van der Waals surface area contributed by atoms with E-state index in [9.17, 15) is 4.79 Å². The average molecular weight is 373 g/mol. The number of hydrogen-bond donors (Lipinski definition) is 1. The lowest BCUT2D eigenvalue weighted by atomic mass is 9.78. The molecule has 3 nitrogen and oxygen atoms in total. The zero-order valence-electron chi connectivity index (χ0n) is 16.9. The molecule has 0 saturated carbocycles. The van der Waals surface area contributed by atoms with E-state index in [1.807, 2.05) is 49.4 Å². The molecule has 0 aliphatic rings. The van der Waals surface area contributed by atoms with Crippen LogP contribution in [0.5, 0.6) is 5.75 Å². The number of anilines is 1. The molecule has 3 aromatic rings. The Hall–Kier alpha value is -3.07. The lowest BCUT2D eigenvalue weighted by molar-refractivity contribution is -0.122. The maximum atomic E-state index is 12.4. The fourth-order valence-corrected chi connectivity index (χ4v) is 3.18. The summed E-state index contributed by atoms with van der Waals surface area (Å²) in [5.41, 5.74) is 4.18. The number of ether oxygens (including phenoxy) is 1. The third-order valence-corrected chi connectivity index (χ3v) is 5.16. The van der Waals surface area contributed by atoms with Crippen molar-refractivity contribution in [2.24, 2.45) is 0 Å². The Morgan fingerprint density at radius 3 is 2.07 bits per heavy atom. The first kappa shape index (κ1) is 19.7. The molecular weight excluding hydrogens is 346 g/mol. The fraction of sp³-hybridized carbons (Fsp3) is 0.240. The summed E-state index contributed by atoms with van der Waals surface area (Å²) in [6.45, 7) is 8.14. The van der Waals surface area contributed by atoms with Gasteiger partial charge in [-0.2, -0.15) is 0 Å². The summed E-state index contributed by atoms with van der Waals surface area (Å²) >= 11 is 0. The monoisotopic (exact) mass is 373 g/mol. The maximum Gasteiger partial charge on any atom is 0.265 e. The lowest BCUT2D eigenvalue weighted by Gasteiger charge is -2.26. The average Bonchev–Trinajstić information content (AvgIpc) is 2.70. The predicted octanol–water partition coefficient (Wildman–Crippen LogP) is 5.73. The van der Waals surface area contributed by atoms with Crippen LogP contribution in [0.1, 0.15) is 37.5 Å². The van der Waals surface area contributed by atoms with Crippen LogP contribution < -0.4 is 10.1 Å². The van der Waals surface area contributed by atoms with Crippen molar-refractivity contribution in [3.8, 4) is 5.75 Å².